The van der Waals surface area contributed by atoms with Gasteiger partial charge in [0, 0.05) is 0 Å². The Kier molecular flexibility index (Phi) is 2.09. The highest BCUT2D eigenvalue weighted by molar-refractivity contribution is 6.01. The second-order valence-electron chi connectivity index (χ2n) is 2.16. The van der Waals surface area contributed by atoms with Gasteiger partial charge in [-0.2, -0.15) is 0 Å². The van der Waals surface area contributed by atoms with Gasteiger partial charge < -0.3 is 10.2 Å². The van der Waals surface area contributed by atoms with Gasteiger partial charge in [0.15, 0.2) is 0 Å². The van der Waals surface area contributed by atoms with Gasteiger partial charge in [0.2, 0.25) is 0 Å². The van der Waals surface area contributed by atoms with Gasteiger partial charge in [-0.3, -0.25) is 0 Å². The SMILES string of the molecule is O=C(O)c1ccccc1C(=O)O.[H+].[H+].[H+].[H+].[H+].[H+]. The fourth-order valence-corrected chi connectivity index (χ4v) is 0.856. The highest BCUT2D eigenvalue weighted by Gasteiger charge is 2.13. The van der Waals surface area contributed by atoms with E-state index in [4.69, 9.17) is 10.2 Å². The molecule has 1 aromatic rings. The van der Waals surface area contributed by atoms with Crippen LogP contribution in [0.25, 0.3) is 0 Å². The average molecular weight is 172 g/mol. The first-order valence-electron chi connectivity index (χ1n) is 3.18. The molecule has 1 aromatic carbocycles. The molecule has 0 fully saturated rings. The van der Waals surface area contributed by atoms with Gasteiger partial charge in [0.25, 0.3) is 0 Å². The minimum atomic E-state index is -1.23. The molecule has 0 aliphatic heterocycles. The predicted octanol–water partition coefficient (Wildman–Crippen LogP) is 1.76. The van der Waals surface area contributed by atoms with E-state index in [9.17, 15) is 9.59 Å². The molecule has 0 amide bonds. The lowest BCUT2D eigenvalue weighted by Gasteiger charge is -1.98. The Bertz CT molecular complexity index is 313. The maximum absolute atomic E-state index is 10.5. The molecule has 4 nitrogen and oxygen atoms in total. The van der Waals surface area contributed by atoms with Gasteiger partial charge in [-0.05, 0) is 12.1 Å². The largest absolute Gasteiger partial charge is 1.00 e. The van der Waals surface area contributed by atoms with Crippen molar-refractivity contribution >= 4 is 11.9 Å². The molecule has 12 heavy (non-hydrogen) atoms. The van der Waals surface area contributed by atoms with Crippen LogP contribution in [0.3, 0.4) is 0 Å². The van der Waals surface area contributed by atoms with Crippen molar-refractivity contribution in [3.05, 3.63) is 35.4 Å². The molecular weight excluding hydrogens is 160 g/mol. The van der Waals surface area contributed by atoms with Crippen molar-refractivity contribution in [2.24, 2.45) is 0 Å². The first-order valence-corrected chi connectivity index (χ1v) is 3.18. The Morgan fingerprint density at radius 2 is 1.33 bits per heavy atom. The Labute approximate surface area is 77.0 Å². The van der Waals surface area contributed by atoms with E-state index >= 15 is 0 Å². The van der Waals surface area contributed by atoms with Gasteiger partial charge in [-0.15, -0.1) is 0 Å². The monoisotopic (exact) mass is 172 g/mol. The zero-order valence-electron chi connectivity index (χ0n) is 12.0. The van der Waals surface area contributed by atoms with E-state index < -0.39 is 11.9 Å². The molecule has 0 spiro atoms. The summed E-state index contributed by atoms with van der Waals surface area (Å²) in [6, 6.07) is 5.48. The average Bonchev–Trinajstić information content (AvgIpc) is 2.04. The Hall–Kier alpha value is -1.84. The predicted molar refractivity (Wildman–Crippen MR) is 47.0 cm³/mol. The third kappa shape index (κ3) is 1.42. The number of aromatic carboxylic acids is 2. The minimum absolute atomic E-state index is 0. The second kappa shape index (κ2) is 3.04. The van der Waals surface area contributed by atoms with E-state index in [2.05, 4.69) is 0 Å². The van der Waals surface area contributed by atoms with E-state index in [0.717, 1.165) is 0 Å². The third-order valence-electron chi connectivity index (χ3n) is 1.39. The van der Waals surface area contributed by atoms with Crippen molar-refractivity contribution in [3.63, 3.8) is 0 Å². The smallest absolute Gasteiger partial charge is 0.478 e. The molecule has 1 rings (SSSR count). The summed E-state index contributed by atoms with van der Waals surface area (Å²) in [7, 11) is 0. The molecule has 0 radical (unpaired) electrons. The van der Waals surface area contributed by atoms with Crippen LogP contribution < -0.4 is 0 Å². The van der Waals surface area contributed by atoms with Crippen molar-refractivity contribution in [3.8, 4) is 0 Å². The van der Waals surface area contributed by atoms with Gasteiger partial charge in [0.05, 0.1) is 11.1 Å². The molecule has 4 heteroatoms. The number of carboxylic acid groups (broad SMARTS) is 2. The van der Waals surface area contributed by atoms with E-state index in [1.807, 2.05) is 0 Å². The fourth-order valence-electron chi connectivity index (χ4n) is 0.856. The zero-order valence-corrected chi connectivity index (χ0v) is 6.02. The molecule has 0 heterocycles. The van der Waals surface area contributed by atoms with Gasteiger partial charge in [-0.25, -0.2) is 9.59 Å². The van der Waals surface area contributed by atoms with Crippen molar-refractivity contribution in [1.82, 2.24) is 0 Å². The molecule has 0 bridgehead atoms. The summed E-state index contributed by atoms with van der Waals surface area (Å²) in [5.74, 6) is -2.46. The van der Waals surface area contributed by atoms with Crippen LogP contribution in [0.2, 0.25) is 0 Å². The highest BCUT2D eigenvalue weighted by atomic mass is 16.4. The molecular formula is C8H12O4+6. The molecule has 2 N–H and O–H groups in total. The third-order valence-corrected chi connectivity index (χ3v) is 1.39. The van der Waals surface area contributed by atoms with E-state index in [1.54, 1.807) is 0 Å². The molecule has 0 aromatic heterocycles. The van der Waals surface area contributed by atoms with Crippen molar-refractivity contribution in [2.45, 2.75) is 0 Å². The lowest BCUT2D eigenvalue weighted by atomic mass is 10.1. The van der Waals surface area contributed by atoms with Crippen LogP contribution in [0.4, 0.5) is 0 Å². The molecule has 0 aliphatic rings. The minimum Gasteiger partial charge on any atom is -0.478 e. The van der Waals surface area contributed by atoms with Crippen LogP contribution in [0, 0.1) is 0 Å². The van der Waals surface area contributed by atoms with Crippen LogP contribution in [-0.2, 0) is 0 Å². The number of rotatable bonds is 2. The summed E-state index contributed by atoms with van der Waals surface area (Å²) >= 11 is 0. The van der Waals surface area contributed by atoms with Crippen LogP contribution >= 0.6 is 0 Å². The number of hydrogen-bond donors (Lipinski definition) is 2. The topological polar surface area (TPSA) is 74.6 Å². The van der Waals surface area contributed by atoms with E-state index in [1.165, 1.54) is 24.3 Å². The lowest BCUT2D eigenvalue weighted by Crippen LogP contribution is -2.06. The molecule has 0 saturated heterocycles. The summed E-state index contributed by atoms with van der Waals surface area (Å²) in [6.07, 6.45) is 0. The maximum atomic E-state index is 10.5. The number of benzene rings is 1. The van der Waals surface area contributed by atoms with Crippen LogP contribution in [-0.4, -0.2) is 22.2 Å². The molecule has 0 unspecified atom stereocenters. The summed E-state index contributed by atoms with van der Waals surface area (Å²) in [6.45, 7) is 0. The van der Waals surface area contributed by atoms with Crippen molar-refractivity contribution in [1.29, 1.82) is 0 Å². The first kappa shape index (κ1) is 8.26. The van der Waals surface area contributed by atoms with E-state index in [0.29, 0.717) is 0 Å². The van der Waals surface area contributed by atoms with Crippen LogP contribution in [0.1, 0.15) is 29.3 Å². The Balaban J connectivity index is -0.0000000600. The fraction of sp³-hybridized carbons (Fsp3) is 0. The summed E-state index contributed by atoms with van der Waals surface area (Å²) < 4.78 is 0. The summed E-state index contributed by atoms with van der Waals surface area (Å²) in [5, 5.41) is 17.1. The second-order valence-corrected chi connectivity index (χ2v) is 2.16. The lowest BCUT2D eigenvalue weighted by molar-refractivity contribution is 0.0651. The van der Waals surface area contributed by atoms with Crippen LogP contribution in [0.5, 0.6) is 0 Å². The quantitative estimate of drug-likeness (QED) is 0.712. The normalized spacial score (nSPS) is 9.33. The molecule has 62 valence electrons. The zero-order chi connectivity index (χ0) is 9.14. The van der Waals surface area contributed by atoms with Crippen LogP contribution in [0.15, 0.2) is 24.3 Å². The summed E-state index contributed by atoms with van der Waals surface area (Å²) in [4.78, 5) is 20.9. The number of hydrogen-bond acceptors (Lipinski definition) is 2. The maximum Gasteiger partial charge on any atom is 1.00 e. The van der Waals surface area contributed by atoms with E-state index in [-0.39, 0.29) is 19.7 Å². The molecule has 0 saturated carbocycles. The standard InChI is InChI=1S/C8H6O4/c9-7(10)5-3-1-2-4-6(5)8(11)12/h1-4H,(H,9,10)(H,11,12)/p+6. The number of carbonyl (C=O) groups is 2. The van der Waals surface area contributed by atoms with Gasteiger partial charge in [0.1, 0.15) is 0 Å². The van der Waals surface area contributed by atoms with Crippen molar-refractivity contribution < 1.29 is 28.4 Å². The summed E-state index contributed by atoms with van der Waals surface area (Å²) in [5.41, 5.74) is -0.380. The molecule has 0 aliphatic carbocycles. The number of carboxylic acids is 2. The Morgan fingerprint density at radius 3 is 1.58 bits per heavy atom. The van der Waals surface area contributed by atoms with Crippen molar-refractivity contribution in [2.75, 3.05) is 0 Å². The molecule has 0 atom stereocenters. The highest BCUT2D eigenvalue weighted by Crippen LogP contribution is 2.07. The Morgan fingerprint density at radius 1 is 1.00 bits per heavy atom. The first-order chi connectivity index (χ1) is 5.63. The van der Waals surface area contributed by atoms with Gasteiger partial charge in [-0.1, -0.05) is 12.1 Å². The van der Waals surface area contributed by atoms with Gasteiger partial charge >= 0.3 is 20.5 Å².